The summed E-state index contributed by atoms with van der Waals surface area (Å²) in [4.78, 5) is 2.22. The molecule has 0 aliphatic heterocycles. The monoisotopic (exact) mass is 194 g/mol. The van der Waals surface area contributed by atoms with E-state index in [2.05, 4.69) is 31.0 Å². The third-order valence-electron chi connectivity index (χ3n) is 0.954. The first kappa shape index (κ1) is 18.1. The lowest BCUT2D eigenvalue weighted by Gasteiger charge is -2.06. The second kappa shape index (κ2) is 22.5. The summed E-state index contributed by atoms with van der Waals surface area (Å²) in [6.45, 7) is 5.22. The van der Waals surface area contributed by atoms with Gasteiger partial charge in [-0.1, -0.05) is 13.8 Å². The standard InChI is InChI=1S/C6H15NS.C2H6.CH5N/c1-7(2)5-4-6-8-3;2*1-2/h4-6H2,1-3H3;1-2H3;2H2,1H3. The van der Waals surface area contributed by atoms with Crippen molar-refractivity contribution < 1.29 is 0 Å². The van der Waals surface area contributed by atoms with Crippen LogP contribution in [0, 0.1) is 0 Å². The molecule has 0 unspecified atom stereocenters. The molecule has 0 radical (unpaired) electrons. The van der Waals surface area contributed by atoms with Crippen molar-refractivity contribution in [3.05, 3.63) is 0 Å². The van der Waals surface area contributed by atoms with E-state index in [1.807, 2.05) is 25.6 Å². The van der Waals surface area contributed by atoms with Crippen molar-refractivity contribution in [2.24, 2.45) is 5.73 Å². The first-order chi connectivity index (χ1) is 5.77. The summed E-state index contributed by atoms with van der Waals surface area (Å²) in [6.07, 6.45) is 3.46. The number of nitrogens with two attached hydrogens (primary N) is 1. The van der Waals surface area contributed by atoms with Gasteiger partial charge in [0.2, 0.25) is 0 Å². The molecule has 0 saturated heterocycles. The molecule has 0 aromatic rings. The third kappa shape index (κ3) is 31.8. The fraction of sp³-hybridized carbons (Fsp3) is 1.00. The Kier molecular flexibility index (Phi) is 34.0. The number of hydrogen-bond donors (Lipinski definition) is 1. The molecule has 2 nitrogen and oxygen atoms in total. The van der Waals surface area contributed by atoms with Crippen molar-refractivity contribution in [3.8, 4) is 0 Å². The smallest absolute Gasteiger partial charge is 0.00170 e. The minimum absolute atomic E-state index is 1.22. The molecule has 0 aliphatic carbocycles. The van der Waals surface area contributed by atoms with Crippen molar-refractivity contribution >= 4 is 11.8 Å². The molecule has 0 aliphatic rings. The van der Waals surface area contributed by atoms with E-state index in [0.717, 1.165) is 0 Å². The maximum Gasteiger partial charge on any atom is -0.00170 e. The lowest BCUT2D eigenvalue weighted by Crippen LogP contribution is -2.13. The van der Waals surface area contributed by atoms with Crippen molar-refractivity contribution in [3.63, 3.8) is 0 Å². The van der Waals surface area contributed by atoms with Gasteiger partial charge in [-0.25, -0.2) is 0 Å². The predicted octanol–water partition coefficient (Wildman–Crippen LogP) is 1.90. The zero-order valence-electron chi connectivity index (χ0n) is 9.55. The molecule has 78 valence electrons. The maximum absolute atomic E-state index is 4.50. The Bertz CT molecular complexity index is 49.8. The van der Waals surface area contributed by atoms with Crippen LogP contribution >= 0.6 is 11.8 Å². The molecule has 0 rings (SSSR count). The van der Waals surface area contributed by atoms with Gasteiger partial charge in [-0.05, 0) is 46.1 Å². The first-order valence-electron chi connectivity index (χ1n) is 4.48. The highest BCUT2D eigenvalue weighted by Gasteiger charge is 1.86. The summed E-state index contributed by atoms with van der Waals surface area (Å²) in [5.41, 5.74) is 4.50. The van der Waals surface area contributed by atoms with Gasteiger partial charge < -0.3 is 10.6 Å². The lowest BCUT2D eigenvalue weighted by atomic mass is 10.5. The summed E-state index contributed by atoms with van der Waals surface area (Å²) in [5.74, 6) is 1.29. The van der Waals surface area contributed by atoms with Crippen molar-refractivity contribution in [2.45, 2.75) is 20.3 Å². The van der Waals surface area contributed by atoms with Crippen LogP contribution in [0.5, 0.6) is 0 Å². The Morgan fingerprint density at radius 3 is 1.83 bits per heavy atom. The van der Waals surface area contributed by atoms with Gasteiger partial charge in [0, 0.05) is 0 Å². The Morgan fingerprint density at radius 1 is 1.17 bits per heavy atom. The van der Waals surface area contributed by atoms with Crippen LogP contribution in [0.25, 0.3) is 0 Å². The average Bonchev–Trinajstić information content (AvgIpc) is 2.12. The van der Waals surface area contributed by atoms with Gasteiger partial charge in [-0.2, -0.15) is 11.8 Å². The van der Waals surface area contributed by atoms with Crippen LogP contribution in [-0.4, -0.2) is 44.6 Å². The van der Waals surface area contributed by atoms with Gasteiger partial charge in [0.15, 0.2) is 0 Å². The molecule has 0 bridgehead atoms. The zero-order valence-corrected chi connectivity index (χ0v) is 10.4. The molecule has 3 heteroatoms. The SMILES string of the molecule is CC.CN.CSCCCN(C)C. The molecule has 0 spiro atoms. The quantitative estimate of drug-likeness (QED) is 0.693. The summed E-state index contributed by atoms with van der Waals surface area (Å²) < 4.78 is 0. The topological polar surface area (TPSA) is 29.3 Å². The highest BCUT2D eigenvalue weighted by Crippen LogP contribution is 1.94. The van der Waals surface area contributed by atoms with Crippen LogP contribution in [0.1, 0.15) is 20.3 Å². The Labute approximate surface area is 82.9 Å². The molecule has 0 amide bonds. The van der Waals surface area contributed by atoms with Gasteiger partial charge in [-0.15, -0.1) is 0 Å². The van der Waals surface area contributed by atoms with E-state index in [4.69, 9.17) is 0 Å². The predicted molar refractivity (Wildman–Crippen MR) is 63.0 cm³/mol. The molecular weight excluding hydrogens is 168 g/mol. The zero-order chi connectivity index (χ0) is 10.4. The van der Waals surface area contributed by atoms with E-state index >= 15 is 0 Å². The Hall–Kier alpha value is 0.270. The van der Waals surface area contributed by atoms with Crippen LogP contribution < -0.4 is 5.73 Å². The van der Waals surface area contributed by atoms with Gasteiger partial charge in [-0.3, -0.25) is 0 Å². The minimum atomic E-state index is 1.22. The molecular formula is C9H26N2S. The van der Waals surface area contributed by atoms with Gasteiger partial charge in [0.1, 0.15) is 0 Å². The largest absolute Gasteiger partial charge is 0.333 e. The molecule has 0 atom stereocenters. The van der Waals surface area contributed by atoms with E-state index in [0.29, 0.717) is 0 Å². The Balaban J connectivity index is -0.000000175. The highest BCUT2D eigenvalue weighted by molar-refractivity contribution is 7.98. The number of nitrogens with zero attached hydrogens (tertiary/aromatic N) is 1. The van der Waals surface area contributed by atoms with Gasteiger partial charge in [0.05, 0.1) is 0 Å². The van der Waals surface area contributed by atoms with E-state index in [1.165, 1.54) is 25.8 Å². The third-order valence-corrected chi connectivity index (χ3v) is 1.65. The second-order valence-electron chi connectivity index (χ2n) is 2.15. The summed E-state index contributed by atoms with van der Waals surface area (Å²) in [5, 5.41) is 0. The normalized spacial score (nSPS) is 8.00. The second-order valence-corrected chi connectivity index (χ2v) is 3.14. The molecule has 2 N–H and O–H groups in total. The van der Waals surface area contributed by atoms with Gasteiger partial charge >= 0.3 is 0 Å². The average molecular weight is 194 g/mol. The summed E-state index contributed by atoms with van der Waals surface area (Å²) >= 11 is 1.92. The van der Waals surface area contributed by atoms with Crippen LogP contribution in [0.15, 0.2) is 0 Å². The molecule has 0 aromatic heterocycles. The van der Waals surface area contributed by atoms with Crippen molar-refractivity contribution in [1.82, 2.24) is 4.90 Å². The lowest BCUT2D eigenvalue weighted by molar-refractivity contribution is 0.410. The molecule has 0 saturated carbocycles. The maximum atomic E-state index is 4.50. The van der Waals surface area contributed by atoms with Crippen LogP contribution in [0.3, 0.4) is 0 Å². The Morgan fingerprint density at radius 2 is 1.58 bits per heavy atom. The minimum Gasteiger partial charge on any atom is -0.333 e. The number of thioether (sulfide) groups is 1. The molecule has 12 heavy (non-hydrogen) atoms. The van der Waals surface area contributed by atoms with Crippen LogP contribution in [-0.2, 0) is 0 Å². The van der Waals surface area contributed by atoms with E-state index in [1.54, 1.807) is 0 Å². The van der Waals surface area contributed by atoms with Crippen LogP contribution in [0.4, 0.5) is 0 Å². The fourth-order valence-corrected chi connectivity index (χ4v) is 0.943. The first-order valence-corrected chi connectivity index (χ1v) is 5.88. The molecule has 0 fully saturated rings. The fourth-order valence-electron chi connectivity index (χ4n) is 0.525. The number of rotatable bonds is 4. The molecule has 0 aromatic carbocycles. The van der Waals surface area contributed by atoms with Crippen molar-refractivity contribution in [1.29, 1.82) is 0 Å². The van der Waals surface area contributed by atoms with Crippen molar-refractivity contribution in [2.75, 3.05) is 39.7 Å². The van der Waals surface area contributed by atoms with E-state index in [-0.39, 0.29) is 0 Å². The van der Waals surface area contributed by atoms with Gasteiger partial charge in [0.25, 0.3) is 0 Å². The van der Waals surface area contributed by atoms with E-state index in [9.17, 15) is 0 Å². The van der Waals surface area contributed by atoms with E-state index < -0.39 is 0 Å². The van der Waals surface area contributed by atoms with Crippen LogP contribution in [0.2, 0.25) is 0 Å². The molecule has 0 heterocycles. The highest BCUT2D eigenvalue weighted by atomic mass is 32.2. The summed E-state index contributed by atoms with van der Waals surface area (Å²) in [7, 11) is 5.72. The summed E-state index contributed by atoms with van der Waals surface area (Å²) in [6, 6.07) is 0. The number of hydrogen-bond acceptors (Lipinski definition) is 3.